The maximum absolute atomic E-state index is 12.8. The zero-order valence-electron chi connectivity index (χ0n) is 18.3. The van der Waals surface area contributed by atoms with Gasteiger partial charge in [0.05, 0.1) is 5.41 Å². The lowest BCUT2D eigenvalue weighted by atomic mass is 9.98. The maximum Gasteiger partial charge on any atom is 0.407 e. The van der Waals surface area contributed by atoms with Crippen LogP contribution in [-0.2, 0) is 14.3 Å². The molecule has 34 heavy (non-hydrogen) atoms. The summed E-state index contributed by atoms with van der Waals surface area (Å²) in [4.78, 5) is 37.5. The predicted molar refractivity (Wildman–Crippen MR) is 128 cm³/mol. The molecule has 174 valence electrons. The normalized spacial score (nSPS) is 16.1. The predicted octanol–water partition coefficient (Wildman–Crippen LogP) is 4.31. The molecular weight excluding hydrogens is 452 g/mol. The fourth-order valence-electron chi connectivity index (χ4n) is 4.52. The van der Waals surface area contributed by atoms with E-state index in [9.17, 15) is 19.5 Å². The van der Waals surface area contributed by atoms with Crippen molar-refractivity contribution in [3.05, 3.63) is 82.0 Å². The van der Waals surface area contributed by atoms with Gasteiger partial charge in [0.15, 0.2) is 6.04 Å². The molecule has 2 aliphatic rings. The van der Waals surface area contributed by atoms with E-state index >= 15 is 0 Å². The van der Waals surface area contributed by atoms with Crippen LogP contribution in [0.25, 0.3) is 11.1 Å². The van der Waals surface area contributed by atoms with Gasteiger partial charge in [0.2, 0.25) is 5.91 Å². The quantitative estimate of drug-likeness (QED) is 0.449. The van der Waals surface area contributed by atoms with Gasteiger partial charge in [-0.05, 0) is 46.5 Å². The Morgan fingerprint density at radius 3 is 2.21 bits per heavy atom. The average molecular weight is 477 g/mol. The summed E-state index contributed by atoms with van der Waals surface area (Å²) in [7, 11) is 0. The zero-order chi connectivity index (χ0) is 23.7. The number of fused-ring (bicyclic) bond motifs is 3. The Balaban J connectivity index is 1.18. The number of aliphatic carboxylic acids is 1. The van der Waals surface area contributed by atoms with Crippen LogP contribution in [0.3, 0.4) is 0 Å². The first-order chi connectivity index (χ1) is 16.5. The van der Waals surface area contributed by atoms with Crippen LogP contribution in [0.2, 0.25) is 0 Å². The van der Waals surface area contributed by atoms with Crippen molar-refractivity contribution in [3.63, 3.8) is 0 Å². The Hall–Kier alpha value is -3.65. The van der Waals surface area contributed by atoms with Crippen LogP contribution < -0.4 is 10.6 Å². The summed E-state index contributed by atoms with van der Waals surface area (Å²) in [5, 5.41) is 16.6. The van der Waals surface area contributed by atoms with Crippen molar-refractivity contribution in [1.82, 2.24) is 10.6 Å². The van der Waals surface area contributed by atoms with Gasteiger partial charge in [-0.2, -0.15) is 0 Å². The zero-order valence-corrected chi connectivity index (χ0v) is 19.1. The van der Waals surface area contributed by atoms with Crippen molar-refractivity contribution in [2.24, 2.45) is 5.41 Å². The fraction of sp³-hybridized carbons (Fsp3) is 0.269. The van der Waals surface area contributed by atoms with E-state index in [0.717, 1.165) is 22.3 Å². The van der Waals surface area contributed by atoms with Gasteiger partial charge in [0.25, 0.3) is 0 Å². The summed E-state index contributed by atoms with van der Waals surface area (Å²) in [6.07, 6.45) is 0.576. The van der Waals surface area contributed by atoms with Gasteiger partial charge in [0, 0.05) is 17.3 Å². The van der Waals surface area contributed by atoms with Crippen molar-refractivity contribution in [3.8, 4) is 11.1 Å². The lowest BCUT2D eigenvalue weighted by molar-refractivity contribution is -0.142. The summed E-state index contributed by atoms with van der Waals surface area (Å²) < 4.78 is 5.55. The van der Waals surface area contributed by atoms with E-state index < -0.39 is 23.5 Å². The van der Waals surface area contributed by atoms with Crippen molar-refractivity contribution >= 4 is 29.3 Å². The van der Waals surface area contributed by atoms with Crippen molar-refractivity contribution < 1.29 is 24.2 Å². The molecule has 1 aromatic heterocycles. The molecule has 5 rings (SSSR count). The second-order valence-electron chi connectivity index (χ2n) is 8.72. The molecule has 2 aliphatic carbocycles. The Morgan fingerprint density at radius 2 is 1.65 bits per heavy atom. The number of benzene rings is 2. The standard InChI is InChI=1S/C26H24N2O5S/c29-23(30)22(21-10-5-13-34-21)28-24(31)26(11-12-26)15-27-25(32)33-14-20-18-8-3-1-6-16(18)17-7-2-4-9-19(17)20/h1-10,13,20,22H,11-12,14-15H2,(H,27,32)(H,28,31)(H,29,30). The fourth-order valence-corrected chi connectivity index (χ4v) is 5.29. The van der Waals surface area contributed by atoms with Crippen molar-refractivity contribution in [2.45, 2.75) is 24.8 Å². The lowest BCUT2D eigenvalue weighted by Gasteiger charge is -2.20. The molecule has 7 nitrogen and oxygen atoms in total. The van der Waals surface area contributed by atoms with Gasteiger partial charge in [-0.1, -0.05) is 54.6 Å². The maximum atomic E-state index is 12.8. The van der Waals surface area contributed by atoms with Gasteiger partial charge < -0.3 is 20.5 Å². The third-order valence-electron chi connectivity index (χ3n) is 6.60. The SMILES string of the molecule is O=C(NCC1(C(=O)NC(C(=O)O)c2cccs2)CC1)OCC1c2ccccc2-c2ccccc21. The topological polar surface area (TPSA) is 105 Å². The number of hydrogen-bond donors (Lipinski definition) is 3. The molecule has 0 bridgehead atoms. The Kier molecular flexibility index (Phi) is 5.83. The number of carbonyl (C=O) groups excluding carboxylic acids is 2. The second kappa shape index (κ2) is 8.95. The van der Waals surface area contributed by atoms with Crippen LogP contribution in [0.15, 0.2) is 66.0 Å². The number of alkyl carbamates (subject to hydrolysis) is 1. The van der Waals surface area contributed by atoms with Crippen LogP contribution in [0.4, 0.5) is 4.79 Å². The van der Waals surface area contributed by atoms with E-state index in [4.69, 9.17) is 4.74 Å². The molecule has 0 spiro atoms. The smallest absolute Gasteiger partial charge is 0.407 e. The first-order valence-electron chi connectivity index (χ1n) is 11.1. The summed E-state index contributed by atoms with van der Waals surface area (Å²) in [6, 6.07) is 18.5. The van der Waals surface area contributed by atoms with Gasteiger partial charge in [0.1, 0.15) is 6.61 Å². The number of thiophene rings is 1. The highest BCUT2D eigenvalue weighted by molar-refractivity contribution is 7.10. The molecule has 3 aromatic rings. The molecule has 2 aromatic carbocycles. The number of nitrogens with one attached hydrogen (secondary N) is 2. The minimum Gasteiger partial charge on any atom is -0.479 e. The molecule has 1 unspecified atom stereocenters. The molecule has 8 heteroatoms. The highest BCUT2D eigenvalue weighted by Crippen LogP contribution is 2.46. The molecule has 0 aliphatic heterocycles. The van der Waals surface area contributed by atoms with E-state index in [0.29, 0.717) is 17.7 Å². The van der Waals surface area contributed by atoms with E-state index in [1.54, 1.807) is 17.5 Å². The van der Waals surface area contributed by atoms with Gasteiger partial charge in [-0.25, -0.2) is 9.59 Å². The number of carboxylic acids is 1. The first-order valence-corrected chi connectivity index (χ1v) is 12.0. The molecular formula is C26H24N2O5S. The summed E-state index contributed by atoms with van der Waals surface area (Å²) in [6.45, 7) is 0.296. The number of amides is 2. The van der Waals surface area contributed by atoms with Crippen molar-refractivity contribution in [1.29, 1.82) is 0 Å². The van der Waals surface area contributed by atoms with Gasteiger partial charge >= 0.3 is 12.1 Å². The Bertz CT molecular complexity index is 1190. The third kappa shape index (κ3) is 4.17. The van der Waals surface area contributed by atoms with Gasteiger partial charge in [-0.3, -0.25) is 4.79 Å². The van der Waals surface area contributed by atoms with E-state index in [-0.39, 0.29) is 25.0 Å². The summed E-state index contributed by atoms with van der Waals surface area (Å²) in [5.74, 6) is -1.53. The van der Waals surface area contributed by atoms with E-state index in [2.05, 4.69) is 34.9 Å². The molecule has 1 fully saturated rings. The monoisotopic (exact) mass is 476 g/mol. The molecule has 1 atom stereocenters. The van der Waals surface area contributed by atoms with Crippen LogP contribution in [0.1, 0.15) is 40.8 Å². The summed E-state index contributed by atoms with van der Waals surface area (Å²) in [5.41, 5.74) is 3.76. The number of rotatable bonds is 8. The minimum absolute atomic E-state index is 0.0431. The van der Waals surface area contributed by atoms with Crippen LogP contribution >= 0.6 is 11.3 Å². The highest BCUT2D eigenvalue weighted by atomic mass is 32.1. The Labute approximate surface area is 200 Å². The number of ether oxygens (including phenoxy) is 1. The highest BCUT2D eigenvalue weighted by Gasteiger charge is 2.51. The van der Waals surface area contributed by atoms with E-state index in [1.807, 2.05) is 24.3 Å². The molecule has 3 N–H and O–H groups in total. The van der Waals surface area contributed by atoms with Crippen LogP contribution in [0.5, 0.6) is 0 Å². The van der Waals surface area contributed by atoms with Gasteiger partial charge in [-0.15, -0.1) is 11.3 Å². The lowest BCUT2D eigenvalue weighted by Crippen LogP contribution is -2.43. The Morgan fingerprint density at radius 1 is 1.00 bits per heavy atom. The second-order valence-corrected chi connectivity index (χ2v) is 9.70. The van der Waals surface area contributed by atoms with Crippen LogP contribution in [-0.4, -0.2) is 36.2 Å². The van der Waals surface area contributed by atoms with Crippen molar-refractivity contribution in [2.75, 3.05) is 13.2 Å². The van der Waals surface area contributed by atoms with Crippen LogP contribution in [0, 0.1) is 5.41 Å². The summed E-state index contributed by atoms with van der Waals surface area (Å²) >= 11 is 1.27. The largest absolute Gasteiger partial charge is 0.479 e. The number of carbonyl (C=O) groups is 3. The molecule has 0 radical (unpaired) electrons. The first kappa shape index (κ1) is 22.2. The van der Waals surface area contributed by atoms with E-state index in [1.165, 1.54) is 11.3 Å². The molecule has 2 amide bonds. The molecule has 1 saturated carbocycles. The number of carboxylic acid groups (broad SMARTS) is 1. The average Bonchev–Trinajstić information content (AvgIpc) is 3.31. The number of hydrogen-bond acceptors (Lipinski definition) is 5. The minimum atomic E-state index is -1.11. The molecule has 1 heterocycles. The third-order valence-corrected chi connectivity index (χ3v) is 7.54. The molecule has 0 saturated heterocycles.